The first-order chi connectivity index (χ1) is 9.03. The van der Waals surface area contributed by atoms with E-state index in [9.17, 15) is 12.8 Å². The first-order valence-corrected chi connectivity index (χ1v) is 7.74. The first-order valence-electron chi connectivity index (χ1n) is 5.38. The highest BCUT2D eigenvalue weighted by Crippen LogP contribution is 2.22. The standard InChI is InChI=1S/C11H12FN3O2S2/c1-13-7-8-2-3-9(12)6-10(8)19(16,17)15-11-14-4-5-18-11/h2-6,13H,7H2,1H3,(H,14,15). The number of thiazole rings is 1. The quantitative estimate of drug-likeness (QED) is 0.883. The molecule has 5 nitrogen and oxygen atoms in total. The molecule has 0 saturated heterocycles. The lowest BCUT2D eigenvalue weighted by atomic mass is 10.2. The second kappa shape index (κ2) is 5.64. The van der Waals surface area contributed by atoms with E-state index >= 15 is 0 Å². The van der Waals surface area contributed by atoms with Crippen LogP contribution in [0.15, 0.2) is 34.7 Å². The topological polar surface area (TPSA) is 71.1 Å². The molecule has 2 aromatic rings. The summed E-state index contributed by atoms with van der Waals surface area (Å²) in [4.78, 5) is 3.76. The van der Waals surface area contributed by atoms with Gasteiger partial charge in [-0.2, -0.15) is 0 Å². The van der Waals surface area contributed by atoms with Crippen LogP contribution in [0.25, 0.3) is 0 Å². The Kier molecular flexibility index (Phi) is 4.13. The van der Waals surface area contributed by atoms with Gasteiger partial charge in [-0.05, 0) is 24.7 Å². The van der Waals surface area contributed by atoms with Crippen LogP contribution in [0.3, 0.4) is 0 Å². The van der Waals surface area contributed by atoms with Crippen LogP contribution in [0.4, 0.5) is 9.52 Å². The molecule has 0 bridgehead atoms. The van der Waals surface area contributed by atoms with Crippen LogP contribution in [0.2, 0.25) is 0 Å². The summed E-state index contributed by atoms with van der Waals surface area (Å²) in [6.07, 6.45) is 1.49. The molecule has 8 heteroatoms. The molecule has 1 aromatic heterocycles. The Balaban J connectivity index is 2.41. The number of hydrogen-bond acceptors (Lipinski definition) is 5. The molecule has 102 valence electrons. The molecule has 0 atom stereocenters. The van der Waals surface area contributed by atoms with Crippen molar-refractivity contribution < 1.29 is 12.8 Å². The Morgan fingerprint density at radius 2 is 2.21 bits per heavy atom. The summed E-state index contributed by atoms with van der Waals surface area (Å²) in [5.74, 6) is -0.598. The lowest BCUT2D eigenvalue weighted by molar-refractivity contribution is 0.592. The Morgan fingerprint density at radius 1 is 1.42 bits per heavy atom. The molecule has 0 aliphatic heterocycles. The van der Waals surface area contributed by atoms with Crippen LogP contribution in [0.1, 0.15) is 5.56 Å². The molecule has 0 radical (unpaired) electrons. The van der Waals surface area contributed by atoms with E-state index in [4.69, 9.17) is 0 Å². The molecule has 0 aliphatic carbocycles. The maximum Gasteiger partial charge on any atom is 0.264 e. The minimum atomic E-state index is -3.84. The summed E-state index contributed by atoms with van der Waals surface area (Å²) >= 11 is 1.16. The number of benzene rings is 1. The number of aromatic nitrogens is 1. The second-order valence-corrected chi connectivity index (χ2v) is 6.27. The van der Waals surface area contributed by atoms with Crippen molar-refractivity contribution in [2.45, 2.75) is 11.4 Å². The zero-order valence-corrected chi connectivity index (χ0v) is 11.7. The highest BCUT2D eigenvalue weighted by molar-refractivity contribution is 7.93. The highest BCUT2D eigenvalue weighted by atomic mass is 32.2. The number of nitrogens with zero attached hydrogens (tertiary/aromatic N) is 1. The third-order valence-corrected chi connectivity index (χ3v) is 4.58. The Hall–Kier alpha value is -1.51. The van der Waals surface area contributed by atoms with Gasteiger partial charge in [-0.3, -0.25) is 4.72 Å². The molecule has 19 heavy (non-hydrogen) atoms. The average Bonchev–Trinajstić information content (AvgIpc) is 2.83. The van der Waals surface area contributed by atoms with Gasteiger partial charge in [-0.1, -0.05) is 6.07 Å². The Bertz CT molecular complexity index is 657. The third-order valence-electron chi connectivity index (χ3n) is 2.34. The summed E-state index contributed by atoms with van der Waals surface area (Å²) in [7, 11) is -2.15. The van der Waals surface area contributed by atoms with Crippen molar-refractivity contribution in [3.8, 4) is 0 Å². The number of halogens is 1. The van der Waals surface area contributed by atoms with Gasteiger partial charge in [-0.15, -0.1) is 11.3 Å². The van der Waals surface area contributed by atoms with E-state index < -0.39 is 15.8 Å². The van der Waals surface area contributed by atoms with Crippen molar-refractivity contribution in [2.75, 3.05) is 11.8 Å². The predicted molar refractivity (Wildman–Crippen MR) is 72.1 cm³/mol. The number of nitrogens with one attached hydrogen (secondary N) is 2. The minimum Gasteiger partial charge on any atom is -0.316 e. The fraction of sp³-hybridized carbons (Fsp3) is 0.182. The smallest absolute Gasteiger partial charge is 0.264 e. The lowest BCUT2D eigenvalue weighted by Crippen LogP contribution is -2.17. The summed E-state index contributed by atoms with van der Waals surface area (Å²) in [5, 5.41) is 4.75. The van der Waals surface area contributed by atoms with Crippen LogP contribution in [0, 0.1) is 5.82 Å². The molecule has 1 aromatic carbocycles. The van der Waals surface area contributed by atoms with E-state index in [1.54, 1.807) is 12.4 Å². The highest BCUT2D eigenvalue weighted by Gasteiger charge is 2.20. The second-order valence-electron chi connectivity index (χ2n) is 3.73. The van der Waals surface area contributed by atoms with Crippen molar-refractivity contribution in [1.29, 1.82) is 0 Å². The maximum absolute atomic E-state index is 13.3. The van der Waals surface area contributed by atoms with Crippen molar-refractivity contribution in [3.63, 3.8) is 0 Å². The first kappa shape index (κ1) is 13.9. The summed E-state index contributed by atoms with van der Waals surface area (Å²) in [5.41, 5.74) is 0.493. The molecule has 1 heterocycles. The molecule has 0 unspecified atom stereocenters. The summed E-state index contributed by atoms with van der Waals surface area (Å²) < 4.78 is 40.0. The number of sulfonamides is 1. The van der Waals surface area contributed by atoms with E-state index in [1.807, 2.05) is 0 Å². The Morgan fingerprint density at radius 3 is 2.84 bits per heavy atom. The molecular weight excluding hydrogens is 289 g/mol. The van der Waals surface area contributed by atoms with Gasteiger partial charge in [0.25, 0.3) is 10.0 Å². The van der Waals surface area contributed by atoms with Gasteiger partial charge in [0.15, 0.2) is 5.13 Å². The zero-order valence-electron chi connectivity index (χ0n) is 10.1. The number of rotatable bonds is 5. The predicted octanol–water partition coefficient (Wildman–Crippen LogP) is 1.80. The summed E-state index contributed by atoms with van der Waals surface area (Å²) in [6.45, 7) is 0.328. The fourth-order valence-corrected chi connectivity index (χ4v) is 3.60. The van der Waals surface area contributed by atoms with Gasteiger partial charge in [0.05, 0.1) is 4.90 Å². The van der Waals surface area contributed by atoms with Crippen LogP contribution < -0.4 is 10.0 Å². The van der Waals surface area contributed by atoms with Crippen molar-refractivity contribution in [1.82, 2.24) is 10.3 Å². The largest absolute Gasteiger partial charge is 0.316 e. The fourth-order valence-electron chi connectivity index (χ4n) is 1.56. The van der Waals surface area contributed by atoms with Gasteiger partial charge < -0.3 is 5.32 Å². The van der Waals surface area contributed by atoms with Crippen molar-refractivity contribution in [3.05, 3.63) is 41.2 Å². The number of hydrogen-bond donors (Lipinski definition) is 2. The molecular formula is C11H12FN3O2S2. The van der Waals surface area contributed by atoms with E-state index in [2.05, 4.69) is 15.0 Å². The van der Waals surface area contributed by atoms with Gasteiger partial charge in [0.2, 0.25) is 0 Å². The molecule has 2 N–H and O–H groups in total. The van der Waals surface area contributed by atoms with Gasteiger partial charge in [0, 0.05) is 18.1 Å². The molecule has 0 amide bonds. The van der Waals surface area contributed by atoms with Crippen LogP contribution >= 0.6 is 11.3 Å². The molecule has 0 aliphatic rings. The normalized spacial score (nSPS) is 11.5. The third kappa shape index (κ3) is 3.28. The van der Waals surface area contributed by atoms with E-state index in [-0.39, 0.29) is 10.0 Å². The van der Waals surface area contributed by atoms with Crippen molar-refractivity contribution in [2.24, 2.45) is 0 Å². The van der Waals surface area contributed by atoms with Crippen LogP contribution in [0.5, 0.6) is 0 Å². The monoisotopic (exact) mass is 301 g/mol. The molecule has 2 rings (SSSR count). The van der Waals surface area contributed by atoms with Crippen LogP contribution in [-0.2, 0) is 16.6 Å². The molecule has 0 fully saturated rings. The molecule has 0 saturated carbocycles. The SMILES string of the molecule is CNCc1ccc(F)cc1S(=O)(=O)Nc1nccs1. The number of anilines is 1. The van der Waals surface area contributed by atoms with Gasteiger partial charge >= 0.3 is 0 Å². The van der Waals surface area contributed by atoms with Gasteiger partial charge in [0.1, 0.15) is 5.82 Å². The maximum atomic E-state index is 13.3. The minimum absolute atomic E-state index is 0.0861. The lowest BCUT2D eigenvalue weighted by Gasteiger charge is -2.10. The Labute approximate surface area is 114 Å². The van der Waals surface area contributed by atoms with E-state index in [0.717, 1.165) is 17.4 Å². The summed E-state index contributed by atoms with van der Waals surface area (Å²) in [6, 6.07) is 3.68. The zero-order chi connectivity index (χ0) is 13.9. The van der Waals surface area contributed by atoms with Crippen molar-refractivity contribution >= 4 is 26.5 Å². The van der Waals surface area contributed by atoms with Crippen LogP contribution in [-0.4, -0.2) is 20.4 Å². The van der Waals surface area contributed by atoms with E-state index in [1.165, 1.54) is 18.3 Å². The van der Waals surface area contributed by atoms with Gasteiger partial charge in [-0.25, -0.2) is 17.8 Å². The van der Waals surface area contributed by atoms with E-state index in [0.29, 0.717) is 12.1 Å². The average molecular weight is 301 g/mol. The molecule has 0 spiro atoms.